The van der Waals surface area contributed by atoms with Crippen molar-refractivity contribution < 1.29 is 17.6 Å². The van der Waals surface area contributed by atoms with E-state index in [4.69, 9.17) is 4.42 Å². The second kappa shape index (κ2) is 6.81. The van der Waals surface area contributed by atoms with Crippen LogP contribution in [0.1, 0.15) is 18.4 Å². The lowest BCUT2D eigenvalue weighted by molar-refractivity contribution is -0.116. The normalized spacial score (nSPS) is 18.6. The highest BCUT2D eigenvalue weighted by atomic mass is 32.2. The summed E-state index contributed by atoms with van der Waals surface area (Å²) in [6.07, 6.45) is 0.738. The van der Waals surface area contributed by atoms with E-state index in [1.165, 1.54) is 0 Å². The van der Waals surface area contributed by atoms with Crippen molar-refractivity contribution in [3.63, 3.8) is 0 Å². The summed E-state index contributed by atoms with van der Waals surface area (Å²) in [6, 6.07) is 13.1. The van der Waals surface area contributed by atoms with Gasteiger partial charge in [0.05, 0.1) is 22.8 Å². The first-order valence-corrected chi connectivity index (χ1v) is 10.7. The van der Waals surface area contributed by atoms with Gasteiger partial charge in [0, 0.05) is 6.42 Å². The van der Waals surface area contributed by atoms with E-state index in [9.17, 15) is 13.2 Å². The number of aromatic nitrogens is 1. The molecule has 0 aliphatic carbocycles. The highest BCUT2D eigenvalue weighted by Gasteiger charge is 2.29. The monoisotopic (exact) mass is 384 g/mol. The maximum atomic E-state index is 12.4. The van der Waals surface area contributed by atoms with Gasteiger partial charge in [-0.3, -0.25) is 4.79 Å². The third-order valence-electron chi connectivity index (χ3n) is 4.78. The smallest absolute Gasteiger partial charge is 0.229 e. The van der Waals surface area contributed by atoms with Crippen LogP contribution in [0, 0.1) is 12.8 Å². The Labute approximate surface area is 157 Å². The van der Waals surface area contributed by atoms with Crippen LogP contribution in [0.4, 0.5) is 5.69 Å². The molecule has 0 bridgehead atoms. The summed E-state index contributed by atoms with van der Waals surface area (Å²) >= 11 is 0. The van der Waals surface area contributed by atoms with Crippen molar-refractivity contribution in [2.45, 2.75) is 19.8 Å². The second-order valence-corrected chi connectivity index (χ2v) is 9.29. The number of carbonyl (C=O) groups excluding carboxylic acids is 1. The van der Waals surface area contributed by atoms with E-state index in [-0.39, 0.29) is 29.8 Å². The molecule has 1 amide bonds. The molecule has 1 aliphatic heterocycles. The summed E-state index contributed by atoms with van der Waals surface area (Å²) < 4.78 is 29.0. The first kappa shape index (κ1) is 17.7. The van der Waals surface area contributed by atoms with Gasteiger partial charge in [0.15, 0.2) is 15.4 Å². The van der Waals surface area contributed by atoms with Gasteiger partial charge in [-0.05, 0) is 49.1 Å². The lowest BCUT2D eigenvalue weighted by Gasteiger charge is -2.11. The van der Waals surface area contributed by atoms with Gasteiger partial charge < -0.3 is 9.73 Å². The van der Waals surface area contributed by atoms with Crippen LogP contribution in [0.5, 0.6) is 0 Å². The molecule has 27 heavy (non-hydrogen) atoms. The Morgan fingerprint density at radius 1 is 1.26 bits per heavy atom. The molecule has 1 fully saturated rings. The number of nitrogens with zero attached hydrogens (tertiary/aromatic N) is 1. The zero-order chi connectivity index (χ0) is 19.0. The molecule has 1 atom stereocenters. The van der Waals surface area contributed by atoms with Crippen molar-refractivity contribution in [1.29, 1.82) is 0 Å². The molecule has 2 heterocycles. The van der Waals surface area contributed by atoms with Gasteiger partial charge in [0.2, 0.25) is 11.8 Å². The van der Waals surface area contributed by atoms with Gasteiger partial charge in [-0.2, -0.15) is 0 Å². The Kier molecular flexibility index (Phi) is 4.47. The highest BCUT2D eigenvalue weighted by Crippen LogP contribution is 2.31. The van der Waals surface area contributed by atoms with Gasteiger partial charge in [0.25, 0.3) is 0 Å². The summed E-state index contributed by atoms with van der Waals surface area (Å²) in [5, 5.41) is 2.89. The SMILES string of the molecule is Cc1ccc2oc(-c3ccccc3NC(=O)CC3CCS(=O)(=O)C3)nc2c1. The number of carbonyl (C=O) groups is 1. The van der Waals surface area contributed by atoms with E-state index in [1.807, 2.05) is 43.3 Å². The van der Waals surface area contributed by atoms with Crippen LogP contribution in [-0.2, 0) is 14.6 Å². The van der Waals surface area contributed by atoms with Gasteiger partial charge in [0.1, 0.15) is 5.52 Å². The molecule has 1 N–H and O–H groups in total. The van der Waals surface area contributed by atoms with Gasteiger partial charge >= 0.3 is 0 Å². The first-order valence-electron chi connectivity index (χ1n) is 8.86. The molecule has 2 aromatic carbocycles. The fraction of sp³-hybridized carbons (Fsp3) is 0.300. The van der Waals surface area contributed by atoms with Crippen LogP contribution in [0.3, 0.4) is 0 Å². The third kappa shape index (κ3) is 3.88. The predicted molar refractivity (Wildman–Crippen MR) is 104 cm³/mol. The maximum Gasteiger partial charge on any atom is 0.229 e. The third-order valence-corrected chi connectivity index (χ3v) is 6.61. The largest absolute Gasteiger partial charge is 0.436 e. The average molecular weight is 384 g/mol. The number of oxazole rings is 1. The summed E-state index contributed by atoms with van der Waals surface area (Å²) in [5.41, 5.74) is 3.84. The van der Waals surface area contributed by atoms with E-state index in [0.29, 0.717) is 29.1 Å². The van der Waals surface area contributed by atoms with Crippen LogP contribution in [0.15, 0.2) is 46.9 Å². The Morgan fingerprint density at radius 3 is 2.85 bits per heavy atom. The molecule has 1 unspecified atom stereocenters. The Morgan fingerprint density at radius 2 is 2.07 bits per heavy atom. The number of para-hydroxylation sites is 1. The van der Waals surface area contributed by atoms with E-state index in [2.05, 4.69) is 10.3 Å². The molecule has 1 saturated heterocycles. The van der Waals surface area contributed by atoms with Crippen molar-refractivity contribution >= 4 is 32.5 Å². The number of hydrogen-bond acceptors (Lipinski definition) is 5. The summed E-state index contributed by atoms with van der Waals surface area (Å²) in [4.78, 5) is 17.0. The molecule has 6 nitrogen and oxygen atoms in total. The average Bonchev–Trinajstić information content (AvgIpc) is 3.17. The van der Waals surface area contributed by atoms with Crippen LogP contribution < -0.4 is 5.32 Å². The van der Waals surface area contributed by atoms with E-state index in [0.717, 1.165) is 11.1 Å². The molecule has 1 aromatic heterocycles. The molecule has 4 rings (SSSR count). The zero-order valence-corrected chi connectivity index (χ0v) is 15.8. The van der Waals surface area contributed by atoms with E-state index in [1.54, 1.807) is 6.07 Å². The maximum absolute atomic E-state index is 12.4. The molecule has 140 valence electrons. The number of fused-ring (bicyclic) bond motifs is 1. The van der Waals surface area contributed by atoms with Crippen molar-refractivity contribution in [3.05, 3.63) is 48.0 Å². The summed E-state index contributed by atoms with van der Waals surface area (Å²) in [5.74, 6) is 0.386. The Hall–Kier alpha value is -2.67. The number of amides is 1. The van der Waals surface area contributed by atoms with Crippen molar-refractivity contribution in [1.82, 2.24) is 4.98 Å². The fourth-order valence-corrected chi connectivity index (χ4v) is 5.29. The second-order valence-electron chi connectivity index (χ2n) is 7.06. The highest BCUT2D eigenvalue weighted by molar-refractivity contribution is 7.91. The number of sulfone groups is 1. The lowest BCUT2D eigenvalue weighted by atomic mass is 10.0. The number of benzene rings is 2. The van der Waals surface area contributed by atoms with Crippen molar-refractivity contribution in [2.75, 3.05) is 16.8 Å². The first-order chi connectivity index (χ1) is 12.9. The van der Waals surface area contributed by atoms with Crippen molar-refractivity contribution in [2.24, 2.45) is 5.92 Å². The van der Waals surface area contributed by atoms with Crippen LogP contribution in [-0.4, -0.2) is 30.8 Å². The van der Waals surface area contributed by atoms with Crippen molar-refractivity contribution in [3.8, 4) is 11.5 Å². The lowest BCUT2D eigenvalue weighted by Crippen LogP contribution is -2.17. The molecule has 7 heteroatoms. The minimum absolute atomic E-state index is 0.0898. The molecule has 0 spiro atoms. The number of rotatable bonds is 4. The van der Waals surface area contributed by atoms with Crippen LogP contribution >= 0.6 is 0 Å². The molecular formula is C20H20N2O4S. The van der Waals surface area contributed by atoms with Crippen LogP contribution in [0.2, 0.25) is 0 Å². The van der Waals surface area contributed by atoms with Crippen LogP contribution in [0.25, 0.3) is 22.6 Å². The quantitative estimate of drug-likeness (QED) is 0.743. The number of nitrogens with one attached hydrogen (secondary N) is 1. The van der Waals surface area contributed by atoms with Gasteiger partial charge in [-0.1, -0.05) is 18.2 Å². The standard InChI is InChI=1S/C20H20N2O4S/c1-13-6-7-18-17(10-13)22-20(26-18)15-4-2-3-5-16(15)21-19(23)11-14-8-9-27(24,25)12-14/h2-7,10,14H,8-9,11-12H2,1H3,(H,21,23). The molecule has 0 saturated carbocycles. The number of aryl methyl sites for hydroxylation is 1. The van der Waals surface area contributed by atoms with Gasteiger partial charge in [-0.15, -0.1) is 0 Å². The van der Waals surface area contributed by atoms with E-state index < -0.39 is 9.84 Å². The topological polar surface area (TPSA) is 89.3 Å². The zero-order valence-electron chi connectivity index (χ0n) is 14.9. The van der Waals surface area contributed by atoms with Gasteiger partial charge in [-0.25, -0.2) is 13.4 Å². The minimum Gasteiger partial charge on any atom is -0.436 e. The summed E-state index contributed by atoms with van der Waals surface area (Å²) in [6.45, 7) is 1.99. The predicted octanol–water partition coefficient (Wildman–Crippen LogP) is 3.57. The number of hydrogen-bond donors (Lipinski definition) is 1. The molecule has 0 radical (unpaired) electrons. The number of anilines is 1. The summed E-state index contributed by atoms with van der Waals surface area (Å²) in [7, 11) is -2.99. The fourth-order valence-electron chi connectivity index (χ4n) is 3.43. The Balaban J connectivity index is 1.56. The van der Waals surface area contributed by atoms with E-state index >= 15 is 0 Å². The Bertz CT molecular complexity index is 1120. The molecule has 1 aliphatic rings. The molecule has 3 aromatic rings. The molecular weight excluding hydrogens is 364 g/mol. The minimum atomic E-state index is -2.99.